The standard InChI is InChI=1S/C15H10N2O2S/c18-15(19-12-4-2-1-3-5-12)13-10-17-14(20-13)11-6-8-16-9-7-11/h1-10H. The maximum absolute atomic E-state index is 12.0. The van der Waals surface area contributed by atoms with Crippen molar-refractivity contribution >= 4 is 17.3 Å². The van der Waals surface area contributed by atoms with E-state index in [1.165, 1.54) is 17.5 Å². The molecule has 0 aliphatic carbocycles. The lowest BCUT2D eigenvalue weighted by molar-refractivity contribution is 0.0739. The average Bonchev–Trinajstić information content (AvgIpc) is 2.99. The molecule has 0 saturated carbocycles. The summed E-state index contributed by atoms with van der Waals surface area (Å²) in [5.74, 6) is 0.130. The zero-order chi connectivity index (χ0) is 13.8. The van der Waals surface area contributed by atoms with Gasteiger partial charge in [0.1, 0.15) is 15.6 Å². The summed E-state index contributed by atoms with van der Waals surface area (Å²) >= 11 is 1.30. The summed E-state index contributed by atoms with van der Waals surface area (Å²) in [7, 11) is 0. The van der Waals surface area contributed by atoms with E-state index in [4.69, 9.17) is 4.74 Å². The highest BCUT2D eigenvalue weighted by Gasteiger charge is 2.13. The zero-order valence-corrected chi connectivity index (χ0v) is 11.2. The molecule has 0 bridgehead atoms. The molecule has 0 unspecified atom stereocenters. The minimum absolute atomic E-state index is 0.394. The van der Waals surface area contributed by atoms with Gasteiger partial charge in [-0.3, -0.25) is 4.98 Å². The Labute approximate surface area is 119 Å². The summed E-state index contributed by atoms with van der Waals surface area (Å²) < 4.78 is 5.27. The third kappa shape index (κ3) is 2.73. The summed E-state index contributed by atoms with van der Waals surface area (Å²) in [6, 6.07) is 12.7. The number of aromatic nitrogens is 2. The topological polar surface area (TPSA) is 52.1 Å². The average molecular weight is 282 g/mol. The normalized spacial score (nSPS) is 10.2. The second-order valence-electron chi connectivity index (χ2n) is 3.97. The lowest BCUT2D eigenvalue weighted by atomic mass is 10.3. The Hall–Kier alpha value is -2.53. The fourth-order valence-corrected chi connectivity index (χ4v) is 2.44. The number of carbonyl (C=O) groups is 1. The summed E-state index contributed by atoms with van der Waals surface area (Å²) in [5.41, 5.74) is 0.934. The molecule has 3 aromatic rings. The van der Waals surface area contributed by atoms with E-state index in [9.17, 15) is 4.79 Å². The van der Waals surface area contributed by atoms with Crippen molar-refractivity contribution in [2.45, 2.75) is 0 Å². The van der Waals surface area contributed by atoms with Crippen LogP contribution in [0.25, 0.3) is 10.6 Å². The van der Waals surface area contributed by atoms with Crippen LogP contribution >= 0.6 is 11.3 Å². The van der Waals surface area contributed by atoms with Crippen molar-refractivity contribution in [3.8, 4) is 16.3 Å². The Morgan fingerprint density at radius 2 is 1.80 bits per heavy atom. The third-order valence-corrected chi connectivity index (χ3v) is 3.61. The minimum Gasteiger partial charge on any atom is -0.422 e. The quantitative estimate of drug-likeness (QED) is 0.545. The van der Waals surface area contributed by atoms with Crippen molar-refractivity contribution in [3.05, 3.63) is 65.9 Å². The molecule has 0 saturated heterocycles. The summed E-state index contributed by atoms with van der Waals surface area (Å²) in [6.45, 7) is 0. The molecule has 0 N–H and O–H groups in total. The number of pyridine rings is 1. The van der Waals surface area contributed by atoms with Crippen molar-refractivity contribution in [1.29, 1.82) is 0 Å². The van der Waals surface area contributed by atoms with Crippen LogP contribution in [-0.2, 0) is 0 Å². The molecule has 0 radical (unpaired) electrons. The molecule has 20 heavy (non-hydrogen) atoms. The molecule has 0 atom stereocenters. The van der Waals surface area contributed by atoms with Crippen molar-refractivity contribution in [2.24, 2.45) is 0 Å². The second kappa shape index (κ2) is 5.63. The van der Waals surface area contributed by atoms with Crippen molar-refractivity contribution < 1.29 is 9.53 Å². The Balaban J connectivity index is 1.79. The molecular weight excluding hydrogens is 272 g/mol. The van der Waals surface area contributed by atoms with Gasteiger partial charge in [-0.05, 0) is 24.3 Å². The zero-order valence-electron chi connectivity index (χ0n) is 10.4. The molecule has 4 nitrogen and oxygen atoms in total. The first-order chi connectivity index (χ1) is 9.83. The lowest BCUT2D eigenvalue weighted by Gasteiger charge is -2.00. The molecule has 0 fully saturated rings. The maximum atomic E-state index is 12.0. The van der Waals surface area contributed by atoms with E-state index < -0.39 is 5.97 Å². The highest BCUT2D eigenvalue weighted by molar-refractivity contribution is 7.16. The van der Waals surface area contributed by atoms with Gasteiger partial charge in [-0.2, -0.15) is 0 Å². The van der Waals surface area contributed by atoms with Crippen LogP contribution in [0.4, 0.5) is 0 Å². The van der Waals surface area contributed by atoms with E-state index in [2.05, 4.69) is 9.97 Å². The van der Waals surface area contributed by atoms with E-state index >= 15 is 0 Å². The molecule has 1 aromatic carbocycles. The molecule has 0 spiro atoms. The predicted molar refractivity (Wildman–Crippen MR) is 76.7 cm³/mol. The summed E-state index contributed by atoms with van der Waals surface area (Å²) in [5, 5.41) is 0.771. The van der Waals surface area contributed by atoms with Gasteiger partial charge in [0.05, 0.1) is 6.20 Å². The summed E-state index contributed by atoms with van der Waals surface area (Å²) in [4.78, 5) is 20.7. The van der Waals surface area contributed by atoms with Crippen LogP contribution in [0.3, 0.4) is 0 Å². The monoisotopic (exact) mass is 282 g/mol. The first kappa shape index (κ1) is 12.5. The molecule has 0 aliphatic heterocycles. The van der Waals surface area contributed by atoms with Crippen molar-refractivity contribution in [1.82, 2.24) is 9.97 Å². The van der Waals surface area contributed by atoms with E-state index in [0.29, 0.717) is 10.6 Å². The Morgan fingerprint density at radius 3 is 2.55 bits per heavy atom. The first-order valence-corrected chi connectivity index (χ1v) is 6.78. The van der Waals surface area contributed by atoms with E-state index in [-0.39, 0.29) is 0 Å². The number of para-hydroxylation sites is 1. The van der Waals surface area contributed by atoms with Gasteiger partial charge in [0.15, 0.2) is 0 Å². The van der Waals surface area contributed by atoms with Crippen LogP contribution in [0.5, 0.6) is 5.75 Å². The number of rotatable bonds is 3. The van der Waals surface area contributed by atoms with Gasteiger partial charge in [0.25, 0.3) is 0 Å². The Kier molecular flexibility index (Phi) is 3.52. The number of carbonyl (C=O) groups excluding carboxylic acids is 1. The molecule has 98 valence electrons. The second-order valence-corrected chi connectivity index (χ2v) is 5.00. The molecule has 3 rings (SSSR count). The molecule has 2 heterocycles. The van der Waals surface area contributed by atoms with Gasteiger partial charge in [0, 0.05) is 18.0 Å². The van der Waals surface area contributed by atoms with Crippen LogP contribution in [0.15, 0.2) is 61.1 Å². The fraction of sp³-hybridized carbons (Fsp3) is 0. The van der Waals surface area contributed by atoms with Gasteiger partial charge >= 0.3 is 5.97 Å². The van der Waals surface area contributed by atoms with Gasteiger partial charge in [-0.1, -0.05) is 18.2 Å². The number of esters is 1. The predicted octanol–water partition coefficient (Wildman–Crippen LogP) is 3.42. The van der Waals surface area contributed by atoms with Crippen molar-refractivity contribution in [3.63, 3.8) is 0 Å². The summed E-state index contributed by atoms with van der Waals surface area (Å²) in [6.07, 6.45) is 4.92. The maximum Gasteiger partial charge on any atom is 0.355 e. The van der Waals surface area contributed by atoms with E-state index in [1.807, 2.05) is 30.3 Å². The van der Waals surface area contributed by atoms with Crippen LogP contribution < -0.4 is 4.74 Å². The highest BCUT2D eigenvalue weighted by Crippen LogP contribution is 2.25. The van der Waals surface area contributed by atoms with Gasteiger partial charge in [0.2, 0.25) is 0 Å². The van der Waals surface area contributed by atoms with Crippen LogP contribution in [0, 0.1) is 0 Å². The highest BCUT2D eigenvalue weighted by atomic mass is 32.1. The molecule has 5 heteroatoms. The fourth-order valence-electron chi connectivity index (χ4n) is 1.64. The number of nitrogens with zero attached hydrogens (tertiary/aromatic N) is 2. The minimum atomic E-state index is -0.394. The third-order valence-electron chi connectivity index (χ3n) is 2.59. The van der Waals surface area contributed by atoms with Gasteiger partial charge < -0.3 is 4.74 Å². The van der Waals surface area contributed by atoms with Crippen LogP contribution in [0.1, 0.15) is 9.67 Å². The van der Waals surface area contributed by atoms with Crippen LogP contribution in [-0.4, -0.2) is 15.9 Å². The van der Waals surface area contributed by atoms with Crippen molar-refractivity contribution in [2.75, 3.05) is 0 Å². The molecule has 0 amide bonds. The Morgan fingerprint density at radius 1 is 1.05 bits per heavy atom. The lowest BCUT2D eigenvalue weighted by Crippen LogP contribution is -2.05. The number of hydrogen-bond acceptors (Lipinski definition) is 5. The molecule has 0 aliphatic rings. The number of benzene rings is 1. The molecular formula is C15H10N2O2S. The SMILES string of the molecule is O=C(Oc1ccccc1)c1cnc(-c2ccncc2)s1. The number of hydrogen-bond donors (Lipinski definition) is 0. The molecule has 2 aromatic heterocycles. The smallest absolute Gasteiger partial charge is 0.355 e. The van der Waals surface area contributed by atoms with Crippen LogP contribution in [0.2, 0.25) is 0 Å². The number of ether oxygens (including phenoxy) is 1. The first-order valence-electron chi connectivity index (χ1n) is 5.96. The number of thiazole rings is 1. The van der Waals surface area contributed by atoms with Gasteiger partial charge in [-0.25, -0.2) is 9.78 Å². The van der Waals surface area contributed by atoms with E-state index in [1.54, 1.807) is 24.5 Å². The Bertz CT molecular complexity index is 711. The van der Waals surface area contributed by atoms with Gasteiger partial charge in [-0.15, -0.1) is 11.3 Å². The largest absolute Gasteiger partial charge is 0.422 e. The van der Waals surface area contributed by atoms with E-state index in [0.717, 1.165) is 10.6 Å².